The molecule has 1 atom stereocenters. The summed E-state index contributed by atoms with van der Waals surface area (Å²) in [4.78, 5) is 4.55. The van der Waals surface area contributed by atoms with Crippen molar-refractivity contribution >= 4 is 17.1 Å². The van der Waals surface area contributed by atoms with Crippen molar-refractivity contribution in [3.05, 3.63) is 12.1 Å². The second-order valence-electron chi connectivity index (χ2n) is 4.97. The second kappa shape index (κ2) is 4.94. The first kappa shape index (κ1) is 12.8. The highest BCUT2D eigenvalue weighted by Gasteiger charge is 2.25. The highest BCUT2D eigenvalue weighted by molar-refractivity contribution is 5.76. The Hall–Kier alpha value is -1.62. The lowest BCUT2D eigenvalue weighted by atomic mass is 10.1. The molecule has 1 aliphatic heterocycles. The highest BCUT2D eigenvalue weighted by atomic mass is 16.5. The van der Waals surface area contributed by atoms with Gasteiger partial charge in [-0.3, -0.25) is 0 Å². The number of benzene rings is 1. The maximum Gasteiger partial charge on any atom is 0.143 e. The van der Waals surface area contributed by atoms with Crippen LogP contribution in [0.5, 0.6) is 5.75 Å². The van der Waals surface area contributed by atoms with Crippen molar-refractivity contribution in [1.29, 1.82) is 0 Å². The minimum absolute atomic E-state index is 0.491. The summed E-state index contributed by atoms with van der Waals surface area (Å²) in [7, 11) is 5.83. The van der Waals surface area contributed by atoms with E-state index >= 15 is 0 Å². The summed E-state index contributed by atoms with van der Waals surface area (Å²) >= 11 is 0. The summed E-state index contributed by atoms with van der Waals surface area (Å²) in [5, 5.41) is 0. The summed E-state index contributed by atoms with van der Waals surface area (Å²) in [6.07, 6.45) is 1.15. The predicted octanol–water partition coefficient (Wildman–Crippen LogP) is 1.000. The molecule has 1 aliphatic rings. The summed E-state index contributed by atoms with van der Waals surface area (Å²) < 4.78 is 5.26. The molecule has 0 amide bonds. The SMILES string of the molecule is COc1cc(N(C)C2CCN(C)C2)c(N)cc1N. The van der Waals surface area contributed by atoms with Gasteiger partial charge in [-0.15, -0.1) is 0 Å². The maximum absolute atomic E-state index is 6.06. The molecule has 0 aliphatic carbocycles. The number of likely N-dealkylation sites (tertiary alicyclic amines) is 1. The molecule has 1 aromatic carbocycles. The normalized spacial score (nSPS) is 20.1. The van der Waals surface area contributed by atoms with Crippen LogP contribution in [0.1, 0.15) is 6.42 Å². The first-order chi connectivity index (χ1) is 8.52. The monoisotopic (exact) mass is 250 g/mol. The van der Waals surface area contributed by atoms with Crippen LogP contribution in [0, 0.1) is 0 Å². The van der Waals surface area contributed by atoms with Crippen molar-refractivity contribution in [2.24, 2.45) is 0 Å². The Kier molecular flexibility index (Phi) is 3.52. The number of likely N-dealkylation sites (N-methyl/N-ethyl adjacent to an activating group) is 2. The average molecular weight is 250 g/mol. The molecule has 100 valence electrons. The van der Waals surface area contributed by atoms with Crippen LogP contribution in [-0.4, -0.2) is 45.2 Å². The molecule has 0 bridgehead atoms. The van der Waals surface area contributed by atoms with Crippen molar-refractivity contribution in [2.75, 3.05) is 50.7 Å². The smallest absolute Gasteiger partial charge is 0.143 e. The molecule has 5 heteroatoms. The van der Waals surface area contributed by atoms with E-state index in [1.54, 1.807) is 13.2 Å². The van der Waals surface area contributed by atoms with Gasteiger partial charge in [0, 0.05) is 25.7 Å². The van der Waals surface area contributed by atoms with Crippen LogP contribution in [0.4, 0.5) is 17.1 Å². The van der Waals surface area contributed by atoms with E-state index in [0.29, 0.717) is 23.2 Å². The Morgan fingerprint density at radius 1 is 1.33 bits per heavy atom. The Morgan fingerprint density at radius 3 is 2.61 bits per heavy atom. The van der Waals surface area contributed by atoms with Gasteiger partial charge < -0.3 is 26.0 Å². The molecule has 0 saturated carbocycles. The lowest BCUT2D eigenvalue weighted by Gasteiger charge is -2.28. The summed E-state index contributed by atoms with van der Waals surface area (Å²) in [6, 6.07) is 4.18. The van der Waals surface area contributed by atoms with Gasteiger partial charge in [0.05, 0.1) is 24.2 Å². The van der Waals surface area contributed by atoms with Gasteiger partial charge in [-0.1, -0.05) is 0 Å². The molecule has 0 spiro atoms. The fourth-order valence-corrected chi connectivity index (χ4v) is 2.51. The molecule has 1 fully saturated rings. The summed E-state index contributed by atoms with van der Waals surface area (Å²) in [5.74, 6) is 0.678. The molecular formula is C13H22N4O. The number of nitrogen functional groups attached to an aromatic ring is 2. The zero-order chi connectivity index (χ0) is 13.3. The van der Waals surface area contributed by atoms with Crippen LogP contribution in [0.15, 0.2) is 12.1 Å². The molecule has 2 rings (SSSR count). The van der Waals surface area contributed by atoms with Gasteiger partial charge >= 0.3 is 0 Å². The third kappa shape index (κ3) is 2.31. The maximum atomic E-state index is 6.06. The standard InChI is InChI=1S/C13H22N4O/c1-16-5-4-9(8-16)17(2)12-7-13(18-3)11(15)6-10(12)14/h6-7,9H,4-5,8,14-15H2,1-3H3. The van der Waals surface area contributed by atoms with Crippen molar-refractivity contribution in [3.8, 4) is 5.75 Å². The number of methoxy groups -OCH3 is 1. The fourth-order valence-electron chi connectivity index (χ4n) is 2.51. The molecule has 1 heterocycles. The van der Waals surface area contributed by atoms with E-state index in [2.05, 4.69) is 23.9 Å². The predicted molar refractivity (Wildman–Crippen MR) is 76.1 cm³/mol. The molecule has 1 aromatic rings. The topological polar surface area (TPSA) is 67.8 Å². The fraction of sp³-hybridized carbons (Fsp3) is 0.538. The van der Waals surface area contributed by atoms with Gasteiger partial charge in [0.25, 0.3) is 0 Å². The van der Waals surface area contributed by atoms with Gasteiger partial charge in [0.15, 0.2) is 0 Å². The van der Waals surface area contributed by atoms with Crippen molar-refractivity contribution in [1.82, 2.24) is 4.90 Å². The number of hydrogen-bond acceptors (Lipinski definition) is 5. The molecule has 5 nitrogen and oxygen atoms in total. The molecule has 4 N–H and O–H groups in total. The highest BCUT2D eigenvalue weighted by Crippen LogP contribution is 2.34. The number of ether oxygens (including phenoxy) is 1. The van der Waals surface area contributed by atoms with E-state index in [1.807, 2.05) is 6.07 Å². The lowest BCUT2D eigenvalue weighted by Crippen LogP contribution is -2.34. The van der Waals surface area contributed by atoms with Crippen LogP contribution >= 0.6 is 0 Å². The van der Waals surface area contributed by atoms with E-state index in [1.165, 1.54) is 0 Å². The van der Waals surface area contributed by atoms with Crippen LogP contribution in [0.25, 0.3) is 0 Å². The minimum Gasteiger partial charge on any atom is -0.495 e. The Labute approximate surface area is 108 Å². The summed E-state index contributed by atoms with van der Waals surface area (Å²) in [5.41, 5.74) is 14.2. The molecule has 0 radical (unpaired) electrons. The number of anilines is 3. The third-order valence-corrected chi connectivity index (χ3v) is 3.67. The number of nitrogens with zero attached hydrogens (tertiary/aromatic N) is 2. The van der Waals surface area contributed by atoms with Crippen LogP contribution < -0.4 is 21.1 Å². The Morgan fingerprint density at radius 2 is 2.06 bits per heavy atom. The zero-order valence-electron chi connectivity index (χ0n) is 11.3. The first-order valence-electron chi connectivity index (χ1n) is 6.17. The van der Waals surface area contributed by atoms with E-state index < -0.39 is 0 Å². The summed E-state index contributed by atoms with van der Waals surface area (Å²) in [6.45, 7) is 2.18. The molecule has 1 unspecified atom stereocenters. The number of nitrogens with two attached hydrogens (primary N) is 2. The van der Waals surface area contributed by atoms with Gasteiger partial charge in [-0.05, 0) is 26.1 Å². The third-order valence-electron chi connectivity index (χ3n) is 3.67. The van der Waals surface area contributed by atoms with E-state index in [-0.39, 0.29) is 0 Å². The quantitative estimate of drug-likeness (QED) is 0.783. The zero-order valence-corrected chi connectivity index (χ0v) is 11.3. The van der Waals surface area contributed by atoms with Gasteiger partial charge in [0.1, 0.15) is 5.75 Å². The van der Waals surface area contributed by atoms with Gasteiger partial charge in [-0.25, -0.2) is 0 Å². The minimum atomic E-state index is 0.491. The van der Waals surface area contributed by atoms with Gasteiger partial charge in [0.2, 0.25) is 0 Å². The van der Waals surface area contributed by atoms with Crippen molar-refractivity contribution < 1.29 is 4.74 Å². The molecular weight excluding hydrogens is 228 g/mol. The Bertz CT molecular complexity index is 435. The second-order valence-corrected chi connectivity index (χ2v) is 4.97. The van der Waals surface area contributed by atoms with Crippen molar-refractivity contribution in [3.63, 3.8) is 0 Å². The lowest BCUT2D eigenvalue weighted by molar-refractivity contribution is 0.409. The Balaban J connectivity index is 2.26. The van der Waals surface area contributed by atoms with E-state index in [0.717, 1.165) is 25.2 Å². The average Bonchev–Trinajstić information content (AvgIpc) is 2.75. The van der Waals surface area contributed by atoms with Crippen LogP contribution in [-0.2, 0) is 0 Å². The molecule has 0 aromatic heterocycles. The first-order valence-corrected chi connectivity index (χ1v) is 6.17. The van der Waals surface area contributed by atoms with Crippen LogP contribution in [0.2, 0.25) is 0 Å². The molecule has 18 heavy (non-hydrogen) atoms. The van der Waals surface area contributed by atoms with Gasteiger partial charge in [-0.2, -0.15) is 0 Å². The molecule has 1 saturated heterocycles. The van der Waals surface area contributed by atoms with E-state index in [4.69, 9.17) is 16.2 Å². The largest absolute Gasteiger partial charge is 0.495 e. The van der Waals surface area contributed by atoms with E-state index in [9.17, 15) is 0 Å². The van der Waals surface area contributed by atoms with Crippen LogP contribution in [0.3, 0.4) is 0 Å². The van der Waals surface area contributed by atoms with Crippen molar-refractivity contribution in [2.45, 2.75) is 12.5 Å². The number of hydrogen-bond donors (Lipinski definition) is 2. The number of rotatable bonds is 3.